The molecule has 8 heteroatoms. The highest BCUT2D eigenvalue weighted by Crippen LogP contribution is 2.33. The number of fused-ring (bicyclic) bond motifs is 2. The van der Waals surface area contributed by atoms with Crippen molar-refractivity contribution >= 4 is 11.0 Å². The van der Waals surface area contributed by atoms with Crippen LogP contribution in [0.3, 0.4) is 0 Å². The molecule has 37 heavy (non-hydrogen) atoms. The maximum absolute atomic E-state index is 5.54. The number of rotatable bonds is 8. The first kappa shape index (κ1) is 23.6. The van der Waals surface area contributed by atoms with Gasteiger partial charge in [-0.1, -0.05) is 18.2 Å². The monoisotopic (exact) mass is 500 g/mol. The Bertz CT molecular complexity index is 1370. The van der Waals surface area contributed by atoms with Crippen molar-refractivity contribution in [1.82, 2.24) is 19.4 Å². The fourth-order valence-electron chi connectivity index (χ4n) is 5.17. The van der Waals surface area contributed by atoms with Gasteiger partial charge in [0.15, 0.2) is 11.5 Å². The molecular formula is C29H32N4O4. The molecule has 1 saturated heterocycles. The second kappa shape index (κ2) is 10.3. The summed E-state index contributed by atoms with van der Waals surface area (Å²) in [6, 6.07) is 20.6. The van der Waals surface area contributed by atoms with Crippen LogP contribution < -0.4 is 18.9 Å². The highest BCUT2D eigenvalue weighted by molar-refractivity contribution is 5.76. The number of ether oxygens (including phenoxy) is 4. The van der Waals surface area contributed by atoms with Gasteiger partial charge in [-0.2, -0.15) is 0 Å². The summed E-state index contributed by atoms with van der Waals surface area (Å²) in [5.41, 5.74) is 4.54. The van der Waals surface area contributed by atoms with E-state index in [4.69, 9.17) is 23.9 Å². The number of imidazole rings is 1. The highest BCUT2D eigenvalue weighted by atomic mass is 16.7. The van der Waals surface area contributed by atoms with E-state index in [-0.39, 0.29) is 0 Å². The molecule has 0 unspecified atom stereocenters. The van der Waals surface area contributed by atoms with E-state index in [9.17, 15) is 0 Å². The molecule has 0 spiro atoms. The first-order valence-electron chi connectivity index (χ1n) is 12.7. The van der Waals surface area contributed by atoms with Gasteiger partial charge in [0.2, 0.25) is 6.79 Å². The summed E-state index contributed by atoms with van der Waals surface area (Å²) in [4.78, 5) is 10.0. The van der Waals surface area contributed by atoms with Crippen LogP contribution in [0.15, 0.2) is 60.7 Å². The lowest BCUT2D eigenvalue weighted by atomic mass is 10.1. The summed E-state index contributed by atoms with van der Waals surface area (Å²) in [5.74, 6) is 4.34. The summed E-state index contributed by atoms with van der Waals surface area (Å²) < 4.78 is 24.3. The summed E-state index contributed by atoms with van der Waals surface area (Å²) >= 11 is 0. The Morgan fingerprint density at radius 2 is 1.43 bits per heavy atom. The van der Waals surface area contributed by atoms with Gasteiger partial charge < -0.3 is 23.5 Å². The topological polar surface area (TPSA) is 61.2 Å². The van der Waals surface area contributed by atoms with Crippen LogP contribution in [0, 0.1) is 0 Å². The van der Waals surface area contributed by atoms with Crippen LogP contribution in [-0.2, 0) is 19.6 Å². The van der Waals surface area contributed by atoms with E-state index in [0.29, 0.717) is 13.3 Å². The lowest BCUT2D eigenvalue weighted by molar-refractivity contribution is 0.119. The summed E-state index contributed by atoms with van der Waals surface area (Å²) in [5, 5.41) is 0. The van der Waals surface area contributed by atoms with Gasteiger partial charge in [0.25, 0.3) is 0 Å². The third kappa shape index (κ3) is 5.08. The number of aromatic nitrogens is 2. The number of benzene rings is 3. The van der Waals surface area contributed by atoms with E-state index in [0.717, 1.165) is 84.7 Å². The molecule has 2 aliphatic rings. The number of para-hydroxylation sites is 2. The molecule has 4 aromatic rings. The number of hydrogen-bond donors (Lipinski definition) is 0. The zero-order chi connectivity index (χ0) is 25.2. The number of piperazine rings is 1. The van der Waals surface area contributed by atoms with Crippen LogP contribution in [0.4, 0.5) is 0 Å². The first-order chi connectivity index (χ1) is 18.2. The van der Waals surface area contributed by atoms with Gasteiger partial charge in [-0.25, -0.2) is 4.98 Å². The van der Waals surface area contributed by atoms with Crippen LogP contribution in [0.25, 0.3) is 11.0 Å². The molecule has 2 aliphatic heterocycles. The van der Waals surface area contributed by atoms with Crippen molar-refractivity contribution in [3.8, 4) is 23.0 Å². The SMILES string of the molecule is COc1cc(Cn2c(CN3CCN(Cc4ccc5c(c4)OCO5)CC3)nc3ccccc32)cc(OC)c1. The Kier molecular flexibility index (Phi) is 6.59. The molecule has 0 atom stereocenters. The Labute approximate surface area is 216 Å². The predicted octanol–water partition coefficient (Wildman–Crippen LogP) is 4.15. The lowest BCUT2D eigenvalue weighted by Crippen LogP contribution is -2.45. The van der Waals surface area contributed by atoms with Crippen LogP contribution in [-0.4, -0.2) is 66.5 Å². The minimum atomic E-state index is 0.313. The molecule has 0 radical (unpaired) electrons. The van der Waals surface area contributed by atoms with Gasteiger partial charge in [0.05, 0.1) is 31.8 Å². The van der Waals surface area contributed by atoms with Crippen molar-refractivity contribution in [3.05, 3.63) is 77.6 Å². The molecule has 1 aromatic heterocycles. The highest BCUT2D eigenvalue weighted by Gasteiger charge is 2.21. The van der Waals surface area contributed by atoms with E-state index in [1.165, 1.54) is 5.56 Å². The van der Waals surface area contributed by atoms with Gasteiger partial charge in [0, 0.05) is 45.3 Å². The molecule has 6 rings (SSSR count). The molecule has 0 saturated carbocycles. The Morgan fingerprint density at radius 1 is 0.730 bits per heavy atom. The largest absolute Gasteiger partial charge is 0.497 e. The van der Waals surface area contributed by atoms with Gasteiger partial charge in [-0.05, 0) is 47.5 Å². The summed E-state index contributed by atoms with van der Waals surface area (Å²) in [6.45, 7) is 6.78. The standard InChI is InChI=1S/C29H32N4O4/c1-34-23-13-22(14-24(16-23)35-2)18-33-26-6-4-3-5-25(26)30-29(33)19-32-11-9-31(10-12-32)17-21-7-8-27-28(15-21)37-20-36-27/h3-8,13-16H,9-12,17-20H2,1-2H3. The molecule has 0 N–H and O–H groups in total. The predicted molar refractivity (Wildman–Crippen MR) is 141 cm³/mol. The molecule has 8 nitrogen and oxygen atoms in total. The van der Waals surface area contributed by atoms with E-state index >= 15 is 0 Å². The fraction of sp³-hybridized carbons (Fsp3) is 0.345. The van der Waals surface area contributed by atoms with Gasteiger partial charge in [-0.3, -0.25) is 9.80 Å². The molecule has 0 aliphatic carbocycles. The minimum Gasteiger partial charge on any atom is -0.497 e. The molecule has 0 amide bonds. The van der Waals surface area contributed by atoms with Crippen LogP contribution in [0.5, 0.6) is 23.0 Å². The smallest absolute Gasteiger partial charge is 0.231 e. The maximum atomic E-state index is 5.54. The Morgan fingerprint density at radius 3 is 2.19 bits per heavy atom. The van der Waals surface area contributed by atoms with E-state index in [1.54, 1.807) is 14.2 Å². The maximum Gasteiger partial charge on any atom is 0.231 e. The van der Waals surface area contributed by atoms with Crippen molar-refractivity contribution in [2.45, 2.75) is 19.6 Å². The molecule has 1 fully saturated rings. The third-order valence-corrected chi connectivity index (χ3v) is 7.16. The van der Waals surface area contributed by atoms with E-state index in [2.05, 4.69) is 56.8 Å². The molecule has 3 heterocycles. The van der Waals surface area contributed by atoms with Gasteiger partial charge in [-0.15, -0.1) is 0 Å². The third-order valence-electron chi connectivity index (χ3n) is 7.16. The average Bonchev–Trinajstić information content (AvgIpc) is 3.54. The van der Waals surface area contributed by atoms with Crippen molar-refractivity contribution < 1.29 is 18.9 Å². The zero-order valence-corrected chi connectivity index (χ0v) is 21.4. The lowest BCUT2D eigenvalue weighted by Gasteiger charge is -2.34. The number of methoxy groups -OCH3 is 2. The quantitative estimate of drug-likeness (QED) is 0.360. The first-order valence-corrected chi connectivity index (χ1v) is 12.7. The normalized spacial score (nSPS) is 15.8. The van der Waals surface area contributed by atoms with E-state index in [1.807, 2.05) is 18.2 Å². The van der Waals surface area contributed by atoms with Crippen molar-refractivity contribution in [2.75, 3.05) is 47.2 Å². The van der Waals surface area contributed by atoms with Gasteiger partial charge >= 0.3 is 0 Å². The average molecular weight is 501 g/mol. The number of hydrogen-bond acceptors (Lipinski definition) is 7. The molecule has 0 bridgehead atoms. The zero-order valence-electron chi connectivity index (χ0n) is 21.4. The van der Waals surface area contributed by atoms with Crippen LogP contribution >= 0.6 is 0 Å². The van der Waals surface area contributed by atoms with Crippen molar-refractivity contribution in [1.29, 1.82) is 0 Å². The molecular weight excluding hydrogens is 468 g/mol. The van der Waals surface area contributed by atoms with Crippen molar-refractivity contribution in [2.24, 2.45) is 0 Å². The fourth-order valence-corrected chi connectivity index (χ4v) is 5.17. The van der Waals surface area contributed by atoms with Crippen molar-refractivity contribution in [3.63, 3.8) is 0 Å². The minimum absolute atomic E-state index is 0.313. The summed E-state index contributed by atoms with van der Waals surface area (Å²) in [7, 11) is 3.37. The second-order valence-corrected chi connectivity index (χ2v) is 9.56. The number of nitrogens with zero attached hydrogens (tertiary/aromatic N) is 4. The Balaban J connectivity index is 1.16. The van der Waals surface area contributed by atoms with Crippen LogP contribution in [0.2, 0.25) is 0 Å². The Hall–Kier alpha value is -3.75. The van der Waals surface area contributed by atoms with Gasteiger partial charge in [0.1, 0.15) is 17.3 Å². The molecule has 3 aromatic carbocycles. The van der Waals surface area contributed by atoms with Crippen LogP contribution in [0.1, 0.15) is 17.0 Å². The van der Waals surface area contributed by atoms with E-state index < -0.39 is 0 Å². The summed E-state index contributed by atoms with van der Waals surface area (Å²) in [6.07, 6.45) is 0. The second-order valence-electron chi connectivity index (χ2n) is 9.56. The molecule has 192 valence electrons.